The zero-order valence-electron chi connectivity index (χ0n) is 6.84. The van der Waals surface area contributed by atoms with Crippen LogP contribution in [0.4, 0.5) is 0 Å². The monoisotopic (exact) mass is 189 g/mol. The topological polar surface area (TPSA) is 41.6 Å². The first-order valence-electron chi connectivity index (χ1n) is 3.82. The first-order valence-corrected chi connectivity index (χ1v) is 4.77. The van der Waals surface area contributed by atoms with Crippen molar-refractivity contribution in [2.24, 2.45) is 0 Å². The van der Waals surface area contributed by atoms with Crippen molar-refractivity contribution in [3.63, 3.8) is 0 Å². The fourth-order valence-electron chi connectivity index (χ4n) is 1.13. The Bertz CT molecular complexity index is 422. The Morgan fingerprint density at radius 3 is 3.23 bits per heavy atom. The smallest absolute Gasteiger partial charge is 0.213 e. The van der Waals surface area contributed by atoms with E-state index in [1.807, 2.05) is 28.3 Å². The summed E-state index contributed by atoms with van der Waals surface area (Å²) in [4.78, 5) is 3.92. The van der Waals surface area contributed by atoms with Crippen LogP contribution in [0.1, 0.15) is 11.4 Å². The SMILES string of the molecule is N#Cc1nccn1Cc1ccsc1. The maximum Gasteiger partial charge on any atom is 0.213 e. The molecule has 0 N–H and O–H groups in total. The molecule has 64 valence electrons. The lowest BCUT2D eigenvalue weighted by Crippen LogP contribution is -1.99. The van der Waals surface area contributed by atoms with Gasteiger partial charge in [0.25, 0.3) is 0 Å². The highest BCUT2D eigenvalue weighted by atomic mass is 32.1. The van der Waals surface area contributed by atoms with Crippen molar-refractivity contribution < 1.29 is 0 Å². The zero-order chi connectivity index (χ0) is 9.10. The summed E-state index contributed by atoms with van der Waals surface area (Å²) in [5.74, 6) is 0.464. The summed E-state index contributed by atoms with van der Waals surface area (Å²) in [6.07, 6.45) is 3.46. The first-order chi connectivity index (χ1) is 6.40. The Kier molecular flexibility index (Phi) is 2.11. The molecule has 0 aromatic carbocycles. The van der Waals surface area contributed by atoms with Crippen molar-refractivity contribution in [2.45, 2.75) is 6.54 Å². The number of aromatic nitrogens is 2. The Labute approximate surface area is 79.9 Å². The average molecular weight is 189 g/mol. The summed E-state index contributed by atoms with van der Waals surface area (Å²) in [6.45, 7) is 0.729. The largest absolute Gasteiger partial charge is 0.318 e. The molecule has 13 heavy (non-hydrogen) atoms. The number of hydrogen-bond acceptors (Lipinski definition) is 3. The molecule has 2 heterocycles. The number of thiophene rings is 1. The Hall–Kier alpha value is -1.60. The van der Waals surface area contributed by atoms with Gasteiger partial charge in [-0.15, -0.1) is 0 Å². The van der Waals surface area contributed by atoms with E-state index in [0.29, 0.717) is 5.82 Å². The van der Waals surface area contributed by atoms with Gasteiger partial charge in [-0.25, -0.2) is 4.98 Å². The van der Waals surface area contributed by atoms with Crippen molar-refractivity contribution >= 4 is 11.3 Å². The predicted molar refractivity (Wildman–Crippen MR) is 50.4 cm³/mol. The van der Waals surface area contributed by atoms with Crippen LogP contribution >= 0.6 is 11.3 Å². The second kappa shape index (κ2) is 3.42. The van der Waals surface area contributed by atoms with Crippen LogP contribution in [0.2, 0.25) is 0 Å². The second-order valence-corrected chi connectivity index (χ2v) is 3.40. The molecule has 0 fully saturated rings. The van der Waals surface area contributed by atoms with Crippen molar-refractivity contribution in [1.82, 2.24) is 9.55 Å². The lowest BCUT2D eigenvalue weighted by atomic mass is 10.3. The van der Waals surface area contributed by atoms with Crippen molar-refractivity contribution in [3.05, 3.63) is 40.6 Å². The number of hydrogen-bond donors (Lipinski definition) is 0. The molecule has 0 unspecified atom stereocenters. The van der Waals surface area contributed by atoms with E-state index in [1.165, 1.54) is 5.56 Å². The summed E-state index contributed by atoms with van der Waals surface area (Å²) >= 11 is 1.66. The fraction of sp³-hybridized carbons (Fsp3) is 0.111. The third kappa shape index (κ3) is 1.60. The molecular weight excluding hydrogens is 182 g/mol. The van der Waals surface area contributed by atoms with Crippen LogP contribution in [0.3, 0.4) is 0 Å². The van der Waals surface area contributed by atoms with Gasteiger partial charge in [-0.05, 0) is 22.4 Å². The van der Waals surface area contributed by atoms with E-state index in [-0.39, 0.29) is 0 Å². The van der Waals surface area contributed by atoms with Gasteiger partial charge in [0.2, 0.25) is 5.82 Å². The highest BCUT2D eigenvalue weighted by molar-refractivity contribution is 7.07. The summed E-state index contributed by atoms with van der Waals surface area (Å²) in [5.41, 5.74) is 1.21. The molecule has 2 rings (SSSR count). The highest BCUT2D eigenvalue weighted by Crippen LogP contribution is 2.08. The third-order valence-corrected chi connectivity index (χ3v) is 2.48. The molecule has 0 bridgehead atoms. The van der Waals surface area contributed by atoms with Crippen molar-refractivity contribution in [2.75, 3.05) is 0 Å². The minimum absolute atomic E-state index is 0.464. The first kappa shape index (κ1) is 8.02. The molecule has 0 saturated heterocycles. The van der Waals surface area contributed by atoms with Crippen molar-refractivity contribution in [1.29, 1.82) is 5.26 Å². The van der Waals surface area contributed by atoms with Gasteiger partial charge in [-0.2, -0.15) is 16.6 Å². The minimum atomic E-state index is 0.464. The van der Waals surface area contributed by atoms with E-state index < -0.39 is 0 Å². The van der Waals surface area contributed by atoms with Crippen LogP contribution < -0.4 is 0 Å². The van der Waals surface area contributed by atoms with Gasteiger partial charge >= 0.3 is 0 Å². The molecule has 0 aliphatic carbocycles. The van der Waals surface area contributed by atoms with E-state index in [2.05, 4.69) is 10.4 Å². The maximum absolute atomic E-state index is 8.71. The number of nitrogens with zero attached hydrogens (tertiary/aromatic N) is 3. The summed E-state index contributed by atoms with van der Waals surface area (Å²) in [7, 11) is 0. The molecule has 0 aliphatic heterocycles. The highest BCUT2D eigenvalue weighted by Gasteiger charge is 2.01. The van der Waals surface area contributed by atoms with Gasteiger partial charge in [0.15, 0.2) is 0 Å². The van der Waals surface area contributed by atoms with Gasteiger partial charge in [0, 0.05) is 12.4 Å². The van der Waals surface area contributed by atoms with Gasteiger partial charge in [0.05, 0.1) is 6.54 Å². The van der Waals surface area contributed by atoms with Crippen LogP contribution in [0.25, 0.3) is 0 Å². The molecule has 3 nitrogen and oxygen atoms in total. The summed E-state index contributed by atoms with van der Waals surface area (Å²) < 4.78 is 1.84. The van der Waals surface area contributed by atoms with E-state index in [4.69, 9.17) is 5.26 Å². The molecule has 0 atom stereocenters. The van der Waals surface area contributed by atoms with E-state index >= 15 is 0 Å². The Balaban J connectivity index is 2.24. The normalized spacial score (nSPS) is 9.77. The second-order valence-electron chi connectivity index (χ2n) is 2.62. The van der Waals surface area contributed by atoms with Gasteiger partial charge in [0.1, 0.15) is 6.07 Å². The average Bonchev–Trinajstić information content (AvgIpc) is 2.76. The van der Waals surface area contributed by atoms with Crippen molar-refractivity contribution in [3.8, 4) is 6.07 Å². The molecule has 0 amide bonds. The molecular formula is C9H7N3S. The number of imidazole rings is 1. The summed E-state index contributed by atoms with van der Waals surface area (Å²) in [5, 5.41) is 12.8. The van der Waals surface area contributed by atoms with Crippen LogP contribution in [0, 0.1) is 11.3 Å². The molecule has 0 radical (unpaired) electrons. The van der Waals surface area contributed by atoms with Crippen LogP contribution in [0.15, 0.2) is 29.2 Å². The minimum Gasteiger partial charge on any atom is -0.318 e. The van der Waals surface area contributed by atoms with Crippen LogP contribution in [-0.2, 0) is 6.54 Å². The van der Waals surface area contributed by atoms with Crippen LogP contribution in [0.5, 0.6) is 0 Å². The lowest BCUT2D eigenvalue weighted by molar-refractivity contribution is 0.785. The summed E-state index contributed by atoms with van der Waals surface area (Å²) in [6, 6.07) is 4.09. The molecule has 4 heteroatoms. The fourth-order valence-corrected chi connectivity index (χ4v) is 1.79. The van der Waals surface area contributed by atoms with Gasteiger partial charge < -0.3 is 4.57 Å². The predicted octanol–water partition coefficient (Wildman–Crippen LogP) is 1.86. The van der Waals surface area contributed by atoms with E-state index in [1.54, 1.807) is 17.5 Å². The van der Waals surface area contributed by atoms with Gasteiger partial charge in [-0.1, -0.05) is 0 Å². The number of nitriles is 1. The molecule has 0 saturated carbocycles. The maximum atomic E-state index is 8.71. The molecule has 2 aromatic heterocycles. The van der Waals surface area contributed by atoms with Crippen LogP contribution in [-0.4, -0.2) is 9.55 Å². The molecule has 2 aromatic rings. The van der Waals surface area contributed by atoms with E-state index in [0.717, 1.165) is 6.54 Å². The standard InChI is InChI=1S/C9H7N3S/c10-5-9-11-2-3-12(9)6-8-1-4-13-7-8/h1-4,7H,6H2. The Morgan fingerprint density at radius 2 is 2.54 bits per heavy atom. The molecule has 0 spiro atoms. The third-order valence-electron chi connectivity index (χ3n) is 1.75. The molecule has 0 aliphatic rings. The lowest BCUT2D eigenvalue weighted by Gasteiger charge is -1.99. The van der Waals surface area contributed by atoms with E-state index in [9.17, 15) is 0 Å². The quantitative estimate of drug-likeness (QED) is 0.723. The number of rotatable bonds is 2. The zero-order valence-corrected chi connectivity index (χ0v) is 7.66. The Morgan fingerprint density at radius 1 is 1.62 bits per heavy atom. The van der Waals surface area contributed by atoms with Gasteiger partial charge in [-0.3, -0.25) is 0 Å².